The molecule has 2 saturated heterocycles. The Hall–Kier alpha value is -1.12. The second-order valence-electron chi connectivity index (χ2n) is 5.14. The molecule has 0 aromatic rings. The maximum Gasteiger partial charge on any atom is 0.224 e. The van der Waals surface area contributed by atoms with Crippen molar-refractivity contribution in [1.29, 1.82) is 5.26 Å². The minimum absolute atomic E-state index is 0.0935. The molecule has 5 heteroatoms. The van der Waals surface area contributed by atoms with Crippen LogP contribution >= 0.6 is 0 Å². The summed E-state index contributed by atoms with van der Waals surface area (Å²) in [5.74, 6) is 0.0703. The number of piperidine rings is 1. The van der Waals surface area contributed by atoms with E-state index in [4.69, 9.17) is 10.00 Å². The molecule has 1 amide bonds. The van der Waals surface area contributed by atoms with Crippen LogP contribution in [-0.4, -0.2) is 61.6 Å². The van der Waals surface area contributed by atoms with Gasteiger partial charge in [0.2, 0.25) is 5.91 Å². The topological polar surface area (TPSA) is 56.6 Å². The van der Waals surface area contributed by atoms with E-state index in [-0.39, 0.29) is 11.8 Å². The van der Waals surface area contributed by atoms with Crippen LogP contribution in [0, 0.1) is 17.2 Å². The average Bonchev–Trinajstić information content (AvgIpc) is 2.78. The van der Waals surface area contributed by atoms with Gasteiger partial charge in [0, 0.05) is 45.8 Å². The lowest BCUT2D eigenvalue weighted by atomic mass is 10.0. The van der Waals surface area contributed by atoms with E-state index in [0.29, 0.717) is 19.0 Å². The summed E-state index contributed by atoms with van der Waals surface area (Å²) in [7, 11) is 1.72. The maximum absolute atomic E-state index is 11.8. The van der Waals surface area contributed by atoms with E-state index in [1.165, 1.54) is 0 Å². The Bertz CT molecular complexity index is 332. The number of methoxy groups -OCH3 is 1. The summed E-state index contributed by atoms with van der Waals surface area (Å²) >= 11 is 0. The number of hydrogen-bond donors (Lipinski definition) is 0. The molecular formula is C13H21N3O2. The van der Waals surface area contributed by atoms with Crippen LogP contribution in [-0.2, 0) is 9.53 Å². The second-order valence-corrected chi connectivity index (χ2v) is 5.14. The van der Waals surface area contributed by atoms with Gasteiger partial charge in [0.15, 0.2) is 0 Å². The minimum Gasteiger partial charge on any atom is -0.383 e. The van der Waals surface area contributed by atoms with Gasteiger partial charge in [0.25, 0.3) is 0 Å². The number of hydrogen-bond acceptors (Lipinski definition) is 4. The smallest absolute Gasteiger partial charge is 0.224 e. The highest BCUT2D eigenvalue weighted by molar-refractivity contribution is 5.79. The monoisotopic (exact) mass is 251 g/mol. The first-order valence-electron chi connectivity index (χ1n) is 6.65. The molecule has 2 aliphatic heterocycles. The number of amides is 1. The fraction of sp³-hybridized carbons (Fsp3) is 0.846. The number of likely N-dealkylation sites (tertiary alicyclic amines) is 2. The highest BCUT2D eigenvalue weighted by atomic mass is 16.5. The summed E-state index contributed by atoms with van der Waals surface area (Å²) in [6, 6.07) is 2.55. The Morgan fingerprint density at radius 1 is 1.44 bits per heavy atom. The Morgan fingerprint density at radius 3 is 2.72 bits per heavy atom. The van der Waals surface area contributed by atoms with Gasteiger partial charge in [-0.15, -0.1) is 0 Å². The van der Waals surface area contributed by atoms with Gasteiger partial charge < -0.3 is 14.5 Å². The SMILES string of the molecule is COCCN1CCC(N2CC(C#N)CC2=O)CC1. The van der Waals surface area contributed by atoms with Gasteiger partial charge in [0.1, 0.15) is 0 Å². The van der Waals surface area contributed by atoms with E-state index in [1.54, 1.807) is 7.11 Å². The molecule has 0 spiro atoms. The molecule has 0 N–H and O–H groups in total. The van der Waals surface area contributed by atoms with E-state index in [9.17, 15) is 4.79 Å². The van der Waals surface area contributed by atoms with Crippen LogP contribution in [0.2, 0.25) is 0 Å². The van der Waals surface area contributed by atoms with Crippen molar-refractivity contribution in [3.8, 4) is 6.07 Å². The van der Waals surface area contributed by atoms with Gasteiger partial charge >= 0.3 is 0 Å². The molecule has 2 fully saturated rings. The number of nitriles is 1. The van der Waals surface area contributed by atoms with Crippen molar-refractivity contribution in [3.05, 3.63) is 0 Å². The van der Waals surface area contributed by atoms with Crippen molar-refractivity contribution in [2.24, 2.45) is 5.92 Å². The number of carbonyl (C=O) groups excluding carboxylic acids is 1. The Kier molecular flexibility index (Phi) is 4.56. The zero-order chi connectivity index (χ0) is 13.0. The van der Waals surface area contributed by atoms with Crippen LogP contribution < -0.4 is 0 Å². The largest absolute Gasteiger partial charge is 0.383 e. The molecule has 0 bridgehead atoms. The van der Waals surface area contributed by atoms with Crippen LogP contribution in [0.5, 0.6) is 0 Å². The molecule has 0 aliphatic carbocycles. The third kappa shape index (κ3) is 3.01. The first-order chi connectivity index (χ1) is 8.74. The highest BCUT2D eigenvalue weighted by Gasteiger charge is 2.35. The van der Waals surface area contributed by atoms with Gasteiger partial charge in [-0.05, 0) is 12.8 Å². The number of nitrogens with zero attached hydrogens (tertiary/aromatic N) is 3. The predicted molar refractivity (Wildman–Crippen MR) is 66.8 cm³/mol. The normalized spacial score (nSPS) is 26.6. The molecule has 2 aliphatic rings. The van der Waals surface area contributed by atoms with E-state index >= 15 is 0 Å². The first-order valence-corrected chi connectivity index (χ1v) is 6.65. The molecule has 100 valence electrons. The second kappa shape index (κ2) is 6.17. The third-order valence-corrected chi connectivity index (χ3v) is 3.95. The third-order valence-electron chi connectivity index (χ3n) is 3.95. The van der Waals surface area contributed by atoms with E-state index in [1.807, 2.05) is 4.90 Å². The summed E-state index contributed by atoms with van der Waals surface area (Å²) < 4.78 is 5.07. The van der Waals surface area contributed by atoms with Gasteiger partial charge in [-0.2, -0.15) is 5.26 Å². The fourth-order valence-corrected chi connectivity index (χ4v) is 2.85. The molecule has 0 radical (unpaired) electrons. The van der Waals surface area contributed by atoms with E-state index in [0.717, 1.165) is 39.1 Å². The van der Waals surface area contributed by atoms with Crippen molar-refractivity contribution in [2.45, 2.75) is 25.3 Å². The predicted octanol–water partition coefficient (Wildman–Crippen LogP) is 0.469. The van der Waals surface area contributed by atoms with Gasteiger partial charge in [0.05, 0.1) is 18.6 Å². The molecular weight excluding hydrogens is 230 g/mol. The van der Waals surface area contributed by atoms with Crippen LogP contribution in [0.15, 0.2) is 0 Å². The fourth-order valence-electron chi connectivity index (χ4n) is 2.85. The van der Waals surface area contributed by atoms with Crippen molar-refractivity contribution in [3.63, 3.8) is 0 Å². The van der Waals surface area contributed by atoms with Crippen molar-refractivity contribution < 1.29 is 9.53 Å². The first kappa shape index (κ1) is 13.3. The van der Waals surface area contributed by atoms with Gasteiger partial charge in [-0.3, -0.25) is 4.79 Å². The molecule has 0 aromatic heterocycles. The molecule has 18 heavy (non-hydrogen) atoms. The molecule has 0 aromatic carbocycles. The van der Waals surface area contributed by atoms with Crippen LogP contribution in [0.25, 0.3) is 0 Å². The zero-order valence-corrected chi connectivity index (χ0v) is 11.0. The minimum atomic E-state index is -0.0935. The van der Waals surface area contributed by atoms with Crippen molar-refractivity contribution >= 4 is 5.91 Å². The van der Waals surface area contributed by atoms with Crippen molar-refractivity contribution in [2.75, 3.05) is 39.9 Å². The molecule has 5 nitrogen and oxygen atoms in total. The molecule has 1 atom stereocenters. The van der Waals surface area contributed by atoms with Crippen LogP contribution in [0.4, 0.5) is 0 Å². The molecule has 0 saturated carbocycles. The standard InChI is InChI=1S/C13H21N3O2/c1-18-7-6-15-4-2-12(3-5-15)16-10-11(9-14)8-13(16)17/h11-12H,2-8,10H2,1H3. The summed E-state index contributed by atoms with van der Waals surface area (Å²) in [4.78, 5) is 16.1. The van der Waals surface area contributed by atoms with Gasteiger partial charge in [-0.1, -0.05) is 0 Å². The highest BCUT2D eigenvalue weighted by Crippen LogP contribution is 2.24. The van der Waals surface area contributed by atoms with Crippen molar-refractivity contribution in [1.82, 2.24) is 9.80 Å². The summed E-state index contributed by atoms with van der Waals surface area (Å²) in [6.07, 6.45) is 2.46. The summed E-state index contributed by atoms with van der Waals surface area (Å²) in [6.45, 7) is 4.42. The number of ether oxygens (including phenoxy) is 1. The van der Waals surface area contributed by atoms with Crippen LogP contribution in [0.1, 0.15) is 19.3 Å². The Balaban J connectivity index is 1.80. The lowest BCUT2D eigenvalue weighted by Crippen LogP contribution is -2.46. The van der Waals surface area contributed by atoms with E-state index < -0.39 is 0 Å². The van der Waals surface area contributed by atoms with Gasteiger partial charge in [-0.25, -0.2) is 0 Å². The lowest BCUT2D eigenvalue weighted by Gasteiger charge is -2.36. The number of rotatable bonds is 4. The summed E-state index contributed by atoms with van der Waals surface area (Å²) in [5, 5.41) is 8.89. The van der Waals surface area contributed by atoms with E-state index in [2.05, 4.69) is 11.0 Å². The molecule has 2 heterocycles. The molecule has 2 rings (SSSR count). The lowest BCUT2D eigenvalue weighted by molar-refractivity contribution is -0.130. The quantitative estimate of drug-likeness (QED) is 0.729. The number of carbonyl (C=O) groups is 1. The Morgan fingerprint density at radius 2 is 2.17 bits per heavy atom. The zero-order valence-electron chi connectivity index (χ0n) is 11.0. The Labute approximate surface area is 108 Å². The average molecular weight is 251 g/mol. The molecule has 1 unspecified atom stereocenters. The maximum atomic E-state index is 11.8. The van der Waals surface area contributed by atoms with Crippen LogP contribution in [0.3, 0.4) is 0 Å². The summed E-state index contributed by atoms with van der Waals surface area (Å²) in [5.41, 5.74) is 0.